The Hall–Kier alpha value is -2.58. The minimum atomic E-state index is -4.99. The van der Waals surface area contributed by atoms with Gasteiger partial charge in [-0.2, -0.15) is 26.3 Å². The number of hydrogen-bond acceptors (Lipinski definition) is 2. The molecule has 0 aliphatic rings. The van der Waals surface area contributed by atoms with Crippen molar-refractivity contribution in [3.63, 3.8) is 0 Å². The lowest BCUT2D eigenvalue weighted by Gasteiger charge is -2.11. The van der Waals surface area contributed by atoms with Gasteiger partial charge in [0.25, 0.3) is 0 Å². The first-order valence-electron chi connectivity index (χ1n) is 6.24. The van der Waals surface area contributed by atoms with E-state index in [1.807, 2.05) is 0 Å². The van der Waals surface area contributed by atoms with Crippen LogP contribution in [0.25, 0.3) is 0 Å². The van der Waals surface area contributed by atoms with E-state index in [9.17, 15) is 35.5 Å². The fraction of sp³-hybridized carbons (Fsp3) is 0.133. The van der Waals surface area contributed by atoms with Gasteiger partial charge in [-0.05, 0) is 42.5 Å². The van der Waals surface area contributed by atoms with E-state index < -0.39 is 41.0 Å². The average molecular weight is 352 g/mol. The monoisotopic (exact) mass is 352 g/mol. The highest BCUT2D eigenvalue weighted by Crippen LogP contribution is 2.34. The highest BCUT2D eigenvalue weighted by molar-refractivity contribution is 5.91. The fourth-order valence-corrected chi connectivity index (χ4v) is 1.75. The second kappa shape index (κ2) is 6.14. The minimum absolute atomic E-state index is 0.289. The molecule has 0 aromatic heterocycles. The Bertz CT molecular complexity index is 746. The van der Waals surface area contributed by atoms with E-state index in [2.05, 4.69) is 4.74 Å². The molecule has 0 amide bonds. The van der Waals surface area contributed by atoms with Crippen LogP contribution >= 0.6 is 0 Å². The summed E-state index contributed by atoms with van der Waals surface area (Å²) >= 11 is 0. The smallest absolute Gasteiger partial charge is 0.419 e. The fourth-order valence-electron chi connectivity index (χ4n) is 1.75. The van der Waals surface area contributed by atoms with Crippen molar-refractivity contribution >= 4 is 5.97 Å². The van der Waals surface area contributed by atoms with Crippen molar-refractivity contribution in [1.82, 2.24) is 0 Å². The lowest BCUT2D eigenvalue weighted by molar-refractivity contribution is -0.140. The van der Waals surface area contributed by atoms with Gasteiger partial charge in [0.2, 0.25) is 0 Å². The Kier molecular flexibility index (Phi) is 4.54. The van der Waals surface area contributed by atoms with Gasteiger partial charge >= 0.3 is 18.3 Å². The van der Waals surface area contributed by atoms with E-state index >= 15 is 0 Å². The van der Waals surface area contributed by atoms with Crippen LogP contribution in [0.3, 0.4) is 0 Å². The standard InChI is InChI=1S/C15H7F7O2/c16-12-6-5-10(7-11(12)15(20,21)22)24-13(23)8-1-3-9(4-2-8)14(17,18)19/h1-7H. The Labute approximate surface area is 130 Å². The second-order valence-corrected chi connectivity index (χ2v) is 4.60. The number of alkyl halides is 6. The predicted molar refractivity (Wildman–Crippen MR) is 67.8 cm³/mol. The van der Waals surface area contributed by atoms with Crippen molar-refractivity contribution in [2.45, 2.75) is 12.4 Å². The summed E-state index contributed by atoms with van der Waals surface area (Å²) in [5.41, 5.74) is -2.93. The van der Waals surface area contributed by atoms with E-state index in [4.69, 9.17) is 0 Å². The summed E-state index contributed by atoms with van der Waals surface area (Å²) in [5, 5.41) is 0. The van der Waals surface area contributed by atoms with Gasteiger partial charge in [0.05, 0.1) is 16.7 Å². The van der Waals surface area contributed by atoms with E-state index in [1.165, 1.54) is 0 Å². The largest absolute Gasteiger partial charge is 0.423 e. The summed E-state index contributed by atoms with van der Waals surface area (Å²) < 4.78 is 92.6. The molecule has 2 aromatic carbocycles. The maximum absolute atomic E-state index is 13.1. The van der Waals surface area contributed by atoms with Gasteiger partial charge < -0.3 is 4.74 Å². The minimum Gasteiger partial charge on any atom is -0.423 e. The number of hydrogen-bond donors (Lipinski definition) is 0. The average Bonchev–Trinajstić information content (AvgIpc) is 2.47. The van der Waals surface area contributed by atoms with Crippen molar-refractivity contribution in [1.29, 1.82) is 0 Å². The zero-order valence-electron chi connectivity index (χ0n) is 11.5. The summed E-state index contributed by atoms with van der Waals surface area (Å²) in [7, 11) is 0. The summed E-state index contributed by atoms with van der Waals surface area (Å²) in [4.78, 5) is 11.7. The molecule has 0 saturated heterocycles. The van der Waals surface area contributed by atoms with Crippen LogP contribution < -0.4 is 4.74 Å². The molecule has 2 nitrogen and oxygen atoms in total. The zero-order chi connectivity index (χ0) is 18.1. The highest BCUT2D eigenvalue weighted by Gasteiger charge is 2.34. The van der Waals surface area contributed by atoms with E-state index in [1.54, 1.807) is 0 Å². The summed E-state index contributed by atoms with van der Waals surface area (Å²) in [6, 6.07) is 4.45. The number of halogens is 7. The van der Waals surface area contributed by atoms with Gasteiger partial charge in [-0.3, -0.25) is 0 Å². The SMILES string of the molecule is O=C(Oc1ccc(F)c(C(F)(F)F)c1)c1ccc(C(F)(F)F)cc1. The number of esters is 1. The molecule has 0 radical (unpaired) electrons. The molecule has 0 fully saturated rings. The van der Waals surface area contributed by atoms with E-state index in [-0.39, 0.29) is 11.6 Å². The van der Waals surface area contributed by atoms with Crippen molar-refractivity contribution in [3.05, 3.63) is 65.0 Å². The lowest BCUT2D eigenvalue weighted by Crippen LogP contribution is -2.12. The molecule has 0 aliphatic heterocycles. The molecule has 0 bridgehead atoms. The van der Waals surface area contributed by atoms with Crippen molar-refractivity contribution in [2.75, 3.05) is 0 Å². The molecule has 2 rings (SSSR count). The van der Waals surface area contributed by atoms with Crippen LogP contribution in [0.1, 0.15) is 21.5 Å². The number of carbonyl (C=O) groups is 1. The second-order valence-electron chi connectivity index (χ2n) is 4.60. The molecule has 2 aromatic rings. The first-order chi connectivity index (χ1) is 11.0. The van der Waals surface area contributed by atoms with Gasteiger partial charge in [-0.15, -0.1) is 0 Å². The van der Waals surface area contributed by atoms with Crippen LogP contribution in [0.4, 0.5) is 30.7 Å². The summed E-state index contributed by atoms with van der Waals surface area (Å²) in [6.45, 7) is 0. The van der Waals surface area contributed by atoms with Crippen molar-refractivity contribution in [2.24, 2.45) is 0 Å². The Balaban J connectivity index is 2.21. The van der Waals surface area contributed by atoms with Gasteiger partial charge in [0, 0.05) is 0 Å². The Morgan fingerprint density at radius 3 is 1.92 bits per heavy atom. The van der Waals surface area contributed by atoms with Crippen molar-refractivity contribution < 1.29 is 40.3 Å². The van der Waals surface area contributed by atoms with Gasteiger partial charge in [0.15, 0.2) is 0 Å². The molecular weight excluding hydrogens is 345 g/mol. The van der Waals surface area contributed by atoms with E-state index in [0.29, 0.717) is 18.2 Å². The lowest BCUT2D eigenvalue weighted by atomic mass is 10.1. The van der Waals surface area contributed by atoms with Gasteiger partial charge in [-0.1, -0.05) is 0 Å². The van der Waals surface area contributed by atoms with Crippen LogP contribution in [-0.4, -0.2) is 5.97 Å². The van der Waals surface area contributed by atoms with Crippen LogP contribution in [0, 0.1) is 5.82 Å². The molecule has 0 spiro atoms. The molecular formula is C15H7F7O2. The summed E-state index contributed by atoms with van der Waals surface area (Å²) in [6.07, 6.45) is -9.58. The predicted octanol–water partition coefficient (Wildman–Crippen LogP) is 5.08. The maximum Gasteiger partial charge on any atom is 0.419 e. The third kappa shape index (κ3) is 4.03. The quantitative estimate of drug-likeness (QED) is 0.428. The van der Waals surface area contributed by atoms with Crippen LogP contribution in [-0.2, 0) is 12.4 Å². The van der Waals surface area contributed by atoms with Crippen LogP contribution in [0.2, 0.25) is 0 Å². The third-order valence-electron chi connectivity index (χ3n) is 2.90. The molecule has 9 heteroatoms. The molecule has 24 heavy (non-hydrogen) atoms. The molecule has 0 N–H and O–H groups in total. The van der Waals surface area contributed by atoms with Gasteiger partial charge in [0.1, 0.15) is 11.6 Å². The first kappa shape index (κ1) is 17.8. The summed E-state index contributed by atoms with van der Waals surface area (Å²) in [5.74, 6) is -3.31. The highest BCUT2D eigenvalue weighted by atomic mass is 19.4. The Morgan fingerprint density at radius 1 is 0.833 bits per heavy atom. The number of carbonyl (C=O) groups excluding carboxylic acids is 1. The molecule has 0 heterocycles. The Morgan fingerprint density at radius 2 is 1.42 bits per heavy atom. The molecule has 0 aliphatic carbocycles. The zero-order valence-corrected chi connectivity index (χ0v) is 11.5. The maximum atomic E-state index is 13.1. The molecule has 0 unspecified atom stereocenters. The van der Waals surface area contributed by atoms with Crippen LogP contribution in [0.15, 0.2) is 42.5 Å². The number of rotatable bonds is 2. The molecule has 128 valence electrons. The van der Waals surface area contributed by atoms with E-state index in [0.717, 1.165) is 18.2 Å². The molecule has 0 saturated carbocycles. The topological polar surface area (TPSA) is 26.3 Å². The molecule has 0 atom stereocenters. The number of ether oxygens (including phenoxy) is 1. The van der Waals surface area contributed by atoms with Gasteiger partial charge in [-0.25, -0.2) is 9.18 Å². The normalized spacial score (nSPS) is 12.1. The number of benzene rings is 2. The third-order valence-corrected chi connectivity index (χ3v) is 2.90. The van der Waals surface area contributed by atoms with Crippen molar-refractivity contribution in [3.8, 4) is 5.75 Å². The van der Waals surface area contributed by atoms with Crippen LogP contribution in [0.5, 0.6) is 5.75 Å². The first-order valence-corrected chi connectivity index (χ1v) is 6.24.